The molecule has 1 N–H and O–H groups in total. The molecule has 1 aliphatic heterocycles. The topological polar surface area (TPSA) is 65.4 Å². The fourth-order valence-electron chi connectivity index (χ4n) is 3.42. The molecule has 110 valence electrons. The summed E-state index contributed by atoms with van der Waals surface area (Å²) < 4.78 is 5.34. The number of fused-ring (bicyclic) bond motifs is 1. The maximum atomic E-state index is 11.2. The molecular formula is C16H19N3O2. The third-order valence-electron chi connectivity index (χ3n) is 4.50. The molecule has 1 heterocycles. The van der Waals surface area contributed by atoms with Crippen LogP contribution in [-0.4, -0.2) is 24.8 Å². The summed E-state index contributed by atoms with van der Waals surface area (Å²) in [5.74, 6) is -0.228. The van der Waals surface area contributed by atoms with Crippen molar-refractivity contribution in [2.75, 3.05) is 23.5 Å². The number of nitrogens with one attached hydrogen (secondary N) is 1. The van der Waals surface area contributed by atoms with Crippen molar-refractivity contribution in [2.45, 2.75) is 38.1 Å². The number of hydrogen-bond donors (Lipinski definition) is 1. The van der Waals surface area contributed by atoms with E-state index in [1.807, 2.05) is 18.2 Å². The number of benzene rings is 1. The highest BCUT2D eigenvalue weighted by atomic mass is 16.5. The van der Waals surface area contributed by atoms with Crippen LogP contribution in [0.15, 0.2) is 18.2 Å². The highest BCUT2D eigenvalue weighted by molar-refractivity contribution is 5.77. The summed E-state index contributed by atoms with van der Waals surface area (Å²) in [5.41, 5.74) is 2.63. The first kappa shape index (κ1) is 13.7. The summed E-state index contributed by atoms with van der Waals surface area (Å²) in [6.45, 7) is 2.59. The zero-order valence-electron chi connectivity index (χ0n) is 12.2. The second-order valence-corrected chi connectivity index (χ2v) is 5.82. The van der Waals surface area contributed by atoms with E-state index < -0.39 is 0 Å². The molecule has 0 radical (unpaired) electrons. The second kappa shape index (κ2) is 5.28. The molecule has 5 heteroatoms. The molecule has 1 aromatic carbocycles. The van der Waals surface area contributed by atoms with Gasteiger partial charge in [0.25, 0.3) is 0 Å². The Labute approximate surface area is 124 Å². The van der Waals surface area contributed by atoms with Crippen molar-refractivity contribution in [3.8, 4) is 6.07 Å². The van der Waals surface area contributed by atoms with Crippen LogP contribution in [0.1, 0.15) is 38.2 Å². The summed E-state index contributed by atoms with van der Waals surface area (Å²) >= 11 is 0. The predicted molar refractivity (Wildman–Crippen MR) is 80.0 cm³/mol. The molecule has 0 bridgehead atoms. The van der Waals surface area contributed by atoms with E-state index in [0.717, 1.165) is 37.1 Å². The third kappa shape index (κ3) is 2.42. The fraction of sp³-hybridized carbons (Fsp3) is 0.500. The summed E-state index contributed by atoms with van der Waals surface area (Å²) in [6.07, 6.45) is 4.37. The predicted octanol–water partition coefficient (Wildman–Crippen LogP) is 2.62. The van der Waals surface area contributed by atoms with Gasteiger partial charge < -0.3 is 15.0 Å². The minimum absolute atomic E-state index is 0.113. The average molecular weight is 285 g/mol. The molecule has 5 nitrogen and oxygen atoms in total. The monoisotopic (exact) mass is 285 g/mol. The average Bonchev–Trinajstić information content (AvgIpc) is 3.11. The Balaban J connectivity index is 1.90. The Hall–Kier alpha value is -2.22. The minimum atomic E-state index is -0.228. The van der Waals surface area contributed by atoms with Gasteiger partial charge in [-0.25, -0.2) is 0 Å². The molecule has 1 aliphatic carbocycles. The number of hydrogen-bond acceptors (Lipinski definition) is 5. The summed E-state index contributed by atoms with van der Waals surface area (Å²) in [6, 6.07) is 7.87. The van der Waals surface area contributed by atoms with Crippen LogP contribution < -0.4 is 10.2 Å². The first-order valence-electron chi connectivity index (χ1n) is 7.34. The Morgan fingerprint density at radius 3 is 2.90 bits per heavy atom. The van der Waals surface area contributed by atoms with Gasteiger partial charge in [-0.1, -0.05) is 12.8 Å². The molecule has 1 saturated carbocycles. The Bertz CT molecular complexity index is 600. The van der Waals surface area contributed by atoms with E-state index in [1.54, 1.807) is 0 Å². The molecule has 21 heavy (non-hydrogen) atoms. The van der Waals surface area contributed by atoms with E-state index >= 15 is 0 Å². The van der Waals surface area contributed by atoms with Crippen molar-refractivity contribution >= 4 is 17.3 Å². The quantitative estimate of drug-likeness (QED) is 0.865. The number of ether oxygens (including phenoxy) is 1. The number of anilines is 2. The molecule has 1 aromatic rings. The molecular weight excluding hydrogens is 266 g/mol. The molecule has 3 rings (SSSR count). The maximum Gasteiger partial charge on any atom is 0.302 e. The van der Waals surface area contributed by atoms with Crippen LogP contribution in [0.25, 0.3) is 0 Å². The van der Waals surface area contributed by atoms with Gasteiger partial charge in [-0.05, 0) is 31.0 Å². The van der Waals surface area contributed by atoms with Crippen LogP contribution >= 0.6 is 0 Å². The summed E-state index contributed by atoms with van der Waals surface area (Å²) in [7, 11) is 0. The van der Waals surface area contributed by atoms with Gasteiger partial charge in [0.1, 0.15) is 6.61 Å². The normalized spacial score (nSPS) is 18.8. The SMILES string of the molecule is CC(=O)OCC1(N2CNc3cc(C#N)ccc32)CCCC1. The van der Waals surface area contributed by atoms with E-state index in [9.17, 15) is 4.79 Å². The summed E-state index contributed by atoms with van der Waals surface area (Å²) in [4.78, 5) is 13.5. The number of nitrogens with zero attached hydrogens (tertiary/aromatic N) is 2. The van der Waals surface area contributed by atoms with Crippen molar-refractivity contribution in [1.29, 1.82) is 5.26 Å². The van der Waals surface area contributed by atoms with E-state index in [1.165, 1.54) is 6.92 Å². The molecule has 0 unspecified atom stereocenters. The molecule has 0 spiro atoms. The van der Waals surface area contributed by atoms with Gasteiger partial charge >= 0.3 is 5.97 Å². The number of carbonyl (C=O) groups excluding carboxylic acids is 1. The number of nitriles is 1. The minimum Gasteiger partial charge on any atom is -0.463 e. The van der Waals surface area contributed by atoms with Crippen LogP contribution in [-0.2, 0) is 9.53 Å². The van der Waals surface area contributed by atoms with Gasteiger partial charge in [-0.2, -0.15) is 5.26 Å². The highest BCUT2D eigenvalue weighted by Crippen LogP contribution is 2.43. The van der Waals surface area contributed by atoms with Crippen LogP contribution in [0.2, 0.25) is 0 Å². The molecule has 2 aliphatic rings. The van der Waals surface area contributed by atoms with Gasteiger partial charge in [0.15, 0.2) is 0 Å². The van der Waals surface area contributed by atoms with E-state index in [2.05, 4.69) is 16.3 Å². The lowest BCUT2D eigenvalue weighted by Crippen LogP contribution is -2.50. The van der Waals surface area contributed by atoms with Gasteiger partial charge in [0.2, 0.25) is 0 Å². The van der Waals surface area contributed by atoms with Gasteiger partial charge in [-0.15, -0.1) is 0 Å². The van der Waals surface area contributed by atoms with Gasteiger partial charge in [0.05, 0.1) is 35.2 Å². The van der Waals surface area contributed by atoms with Gasteiger partial charge in [-0.3, -0.25) is 4.79 Å². The van der Waals surface area contributed by atoms with Crippen LogP contribution in [0.4, 0.5) is 11.4 Å². The maximum absolute atomic E-state index is 11.2. The van der Waals surface area contributed by atoms with Gasteiger partial charge in [0, 0.05) is 6.92 Å². The first-order valence-corrected chi connectivity index (χ1v) is 7.34. The van der Waals surface area contributed by atoms with Crippen LogP contribution in [0.5, 0.6) is 0 Å². The Morgan fingerprint density at radius 2 is 2.24 bits per heavy atom. The standard InChI is InChI=1S/C16H19N3O2/c1-12(20)21-10-16(6-2-3-7-16)19-11-18-14-8-13(9-17)4-5-15(14)19/h4-5,8,18H,2-3,6-7,10-11H2,1H3. The number of esters is 1. The number of carbonyl (C=O) groups is 1. The lowest BCUT2D eigenvalue weighted by molar-refractivity contribution is -0.142. The summed E-state index contributed by atoms with van der Waals surface area (Å²) in [5, 5.41) is 12.3. The first-order chi connectivity index (χ1) is 10.1. The number of rotatable bonds is 3. The lowest BCUT2D eigenvalue weighted by atomic mass is 9.95. The molecule has 0 atom stereocenters. The largest absolute Gasteiger partial charge is 0.463 e. The van der Waals surface area contributed by atoms with E-state index in [0.29, 0.717) is 18.8 Å². The van der Waals surface area contributed by atoms with Crippen molar-refractivity contribution in [3.05, 3.63) is 23.8 Å². The molecule has 1 fully saturated rings. The molecule has 0 aromatic heterocycles. The van der Waals surface area contributed by atoms with Crippen molar-refractivity contribution < 1.29 is 9.53 Å². The highest BCUT2D eigenvalue weighted by Gasteiger charge is 2.43. The fourth-order valence-corrected chi connectivity index (χ4v) is 3.42. The lowest BCUT2D eigenvalue weighted by Gasteiger charge is -2.39. The van der Waals surface area contributed by atoms with E-state index in [-0.39, 0.29) is 11.5 Å². The van der Waals surface area contributed by atoms with Crippen molar-refractivity contribution in [3.63, 3.8) is 0 Å². The van der Waals surface area contributed by atoms with Crippen LogP contribution in [0, 0.1) is 11.3 Å². The smallest absolute Gasteiger partial charge is 0.302 e. The Kier molecular flexibility index (Phi) is 3.46. The third-order valence-corrected chi connectivity index (χ3v) is 4.50. The Morgan fingerprint density at radius 1 is 1.48 bits per heavy atom. The van der Waals surface area contributed by atoms with Crippen molar-refractivity contribution in [2.24, 2.45) is 0 Å². The van der Waals surface area contributed by atoms with Crippen molar-refractivity contribution in [1.82, 2.24) is 0 Å². The molecule has 0 saturated heterocycles. The molecule has 0 amide bonds. The zero-order chi connectivity index (χ0) is 14.9. The van der Waals surface area contributed by atoms with Crippen LogP contribution in [0.3, 0.4) is 0 Å². The van der Waals surface area contributed by atoms with E-state index in [4.69, 9.17) is 10.00 Å². The zero-order valence-corrected chi connectivity index (χ0v) is 12.2. The second-order valence-electron chi connectivity index (χ2n) is 5.82.